The highest BCUT2D eigenvalue weighted by Gasteiger charge is 2.26. The van der Waals surface area contributed by atoms with Gasteiger partial charge >= 0.3 is 0 Å². The number of hydrogen-bond donors (Lipinski definition) is 2. The summed E-state index contributed by atoms with van der Waals surface area (Å²) in [6, 6.07) is 3.68. The molecule has 2 aromatic rings. The SMILES string of the molecule is Cc1oc(C)c(S(=O)(=O)Nc2ccc(F)cc2Br)c1CN. The highest BCUT2D eigenvalue weighted by atomic mass is 79.9. The van der Waals surface area contributed by atoms with Crippen LogP contribution in [0.3, 0.4) is 0 Å². The second-order valence-electron chi connectivity index (χ2n) is 4.46. The number of nitrogens with two attached hydrogens (primary N) is 1. The van der Waals surface area contributed by atoms with Crippen LogP contribution in [0, 0.1) is 19.7 Å². The summed E-state index contributed by atoms with van der Waals surface area (Å²) in [5, 5.41) is 0. The normalized spacial score (nSPS) is 11.7. The number of anilines is 1. The molecule has 0 atom stereocenters. The smallest absolute Gasteiger partial charge is 0.265 e. The summed E-state index contributed by atoms with van der Waals surface area (Å²) < 4.78 is 46.1. The molecule has 0 saturated heterocycles. The van der Waals surface area contributed by atoms with Crippen molar-refractivity contribution in [3.05, 3.63) is 45.6 Å². The summed E-state index contributed by atoms with van der Waals surface area (Å²) in [5.74, 6) is 0.259. The van der Waals surface area contributed by atoms with Gasteiger partial charge in [0.05, 0.1) is 5.69 Å². The topological polar surface area (TPSA) is 85.3 Å². The predicted octanol–water partition coefficient (Wildman–Crippen LogP) is 3.06. The van der Waals surface area contributed by atoms with Crippen molar-refractivity contribution in [2.45, 2.75) is 25.3 Å². The zero-order chi connectivity index (χ0) is 15.8. The number of furan rings is 1. The van der Waals surface area contributed by atoms with E-state index in [-0.39, 0.29) is 22.9 Å². The Bertz CT molecular complexity index is 787. The lowest BCUT2D eigenvalue weighted by Gasteiger charge is -2.10. The fraction of sp³-hybridized carbons (Fsp3) is 0.231. The average Bonchev–Trinajstić information content (AvgIpc) is 2.67. The van der Waals surface area contributed by atoms with Gasteiger partial charge in [-0.05, 0) is 48.0 Å². The molecule has 0 aliphatic carbocycles. The minimum Gasteiger partial charge on any atom is -0.465 e. The van der Waals surface area contributed by atoms with E-state index >= 15 is 0 Å². The standard InChI is InChI=1S/C13H14BrFN2O3S/c1-7-10(6-16)13(8(2)20-7)21(18,19)17-12-4-3-9(15)5-11(12)14/h3-5,17H,6,16H2,1-2H3. The Balaban J connectivity index is 2.48. The number of nitrogens with one attached hydrogen (secondary N) is 1. The monoisotopic (exact) mass is 376 g/mol. The lowest BCUT2D eigenvalue weighted by Crippen LogP contribution is -2.16. The van der Waals surface area contributed by atoms with Gasteiger partial charge in [-0.15, -0.1) is 0 Å². The first-order chi connectivity index (χ1) is 9.76. The number of halogens is 2. The van der Waals surface area contributed by atoms with Crippen molar-refractivity contribution in [1.82, 2.24) is 0 Å². The van der Waals surface area contributed by atoms with E-state index in [1.165, 1.54) is 18.2 Å². The van der Waals surface area contributed by atoms with Gasteiger partial charge in [-0.25, -0.2) is 12.8 Å². The molecule has 2 rings (SSSR count). The summed E-state index contributed by atoms with van der Waals surface area (Å²) in [4.78, 5) is 0.0266. The van der Waals surface area contributed by atoms with Crippen molar-refractivity contribution in [3.63, 3.8) is 0 Å². The zero-order valence-corrected chi connectivity index (χ0v) is 13.8. The Labute approximate surface area is 130 Å². The predicted molar refractivity (Wildman–Crippen MR) is 81.0 cm³/mol. The molecule has 21 heavy (non-hydrogen) atoms. The Morgan fingerprint density at radius 2 is 2.00 bits per heavy atom. The van der Waals surface area contributed by atoms with E-state index in [9.17, 15) is 12.8 Å². The van der Waals surface area contributed by atoms with E-state index in [1.54, 1.807) is 13.8 Å². The molecule has 0 amide bonds. The second-order valence-corrected chi connectivity index (χ2v) is 6.93. The Morgan fingerprint density at radius 1 is 1.33 bits per heavy atom. The maximum Gasteiger partial charge on any atom is 0.265 e. The second kappa shape index (κ2) is 5.78. The molecule has 114 valence electrons. The van der Waals surface area contributed by atoms with Crippen molar-refractivity contribution in [1.29, 1.82) is 0 Å². The van der Waals surface area contributed by atoms with Gasteiger partial charge in [-0.2, -0.15) is 0 Å². The van der Waals surface area contributed by atoms with Crippen LogP contribution >= 0.6 is 15.9 Å². The Hall–Kier alpha value is -1.38. The molecule has 1 heterocycles. The van der Waals surface area contributed by atoms with Gasteiger partial charge in [0, 0.05) is 16.6 Å². The zero-order valence-electron chi connectivity index (χ0n) is 11.4. The molecule has 0 unspecified atom stereocenters. The minimum absolute atomic E-state index is 0.0266. The number of aryl methyl sites for hydroxylation is 2. The molecule has 0 aliphatic rings. The lowest BCUT2D eigenvalue weighted by molar-refractivity contribution is 0.494. The van der Waals surface area contributed by atoms with E-state index in [1.807, 2.05) is 0 Å². The van der Waals surface area contributed by atoms with Gasteiger partial charge in [0.15, 0.2) is 0 Å². The minimum atomic E-state index is -3.88. The molecule has 0 spiro atoms. The van der Waals surface area contributed by atoms with Crippen LogP contribution in [0.2, 0.25) is 0 Å². The van der Waals surface area contributed by atoms with Crippen LogP contribution in [0.15, 0.2) is 32.0 Å². The quantitative estimate of drug-likeness (QED) is 0.858. The van der Waals surface area contributed by atoms with Gasteiger partial charge in [0.1, 0.15) is 22.2 Å². The van der Waals surface area contributed by atoms with Crippen molar-refractivity contribution in [3.8, 4) is 0 Å². The molecule has 3 N–H and O–H groups in total. The van der Waals surface area contributed by atoms with Crippen molar-refractivity contribution in [2.24, 2.45) is 5.73 Å². The molecule has 1 aromatic carbocycles. The van der Waals surface area contributed by atoms with Crippen molar-refractivity contribution >= 4 is 31.6 Å². The first kappa shape index (κ1) is 16.0. The summed E-state index contributed by atoms with van der Waals surface area (Å²) >= 11 is 3.12. The third-order valence-corrected chi connectivity index (χ3v) is 5.19. The van der Waals surface area contributed by atoms with Crippen LogP contribution in [0.1, 0.15) is 17.1 Å². The lowest BCUT2D eigenvalue weighted by atomic mass is 10.2. The van der Waals surface area contributed by atoms with E-state index in [2.05, 4.69) is 20.7 Å². The van der Waals surface area contributed by atoms with Gasteiger partial charge in [-0.3, -0.25) is 4.72 Å². The summed E-state index contributed by atoms with van der Waals surface area (Å²) in [6.07, 6.45) is 0. The molecular formula is C13H14BrFN2O3S. The first-order valence-electron chi connectivity index (χ1n) is 6.03. The third kappa shape index (κ3) is 3.12. The third-order valence-electron chi connectivity index (χ3n) is 2.97. The number of sulfonamides is 1. The molecule has 5 nitrogen and oxygen atoms in total. The van der Waals surface area contributed by atoms with Crippen molar-refractivity contribution in [2.75, 3.05) is 4.72 Å². The Kier molecular flexibility index (Phi) is 4.40. The summed E-state index contributed by atoms with van der Waals surface area (Å²) in [5.41, 5.74) is 6.26. The molecule has 0 aliphatic heterocycles. The largest absolute Gasteiger partial charge is 0.465 e. The van der Waals surface area contributed by atoms with Gasteiger partial charge < -0.3 is 10.2 Å². The highest BCUT2D eigenvalue weighted by Crippen LogP contribution is 2.30. The molecule has 0 radical (unpaired) electrons. The summed E-state index contributed by atoms with van der Waals surface area (Å²) in [7, 11) is -3.88. The first-order valence-corrected chi connectivity index (χ1v) is 8.30. The van der Waals surface area contributed by atoms with Gasteiger partial charge in [0.25, 0.3) is 10.0 Å². The van der Waals surface area contributed by atoms with E-state index < -0.39 is 15.8 Å². The van der Waals surface area contributed by atoms with Crippen LogP contribution < -0.4 is 10.5 Å². The van der Waals surface area contributed by atoms with Crippen molar-refractivity contribution < 1.29 is 17.2 Å². The van der Waals surface area contributed by atoms with Crippen LogP contribution in [0.4, 0.5) is 10.1 Å². The maximum absolute atomic E-state index is 13.1. The van der Waals surface area contributed by atoms with Gasteiger partial charge in [-0.1, -0.05) is 0 Å². The number of rotatable bonds is 4. The number of benzene rings is 1. The number of hydrogen-bond acceptors (Lipinski definition) is 4. The molecule has 1 aromatic heterocycles. The fourth-order valence-corrected chi connectivity index (χ4v) is 4.19. The van der Waals surface area contributed by atoms with Crippen LogP contribution in [-0.2, 0) is 16.6 Å². The highest BCUT2D eigenvalue weighted by molar-refractivity contribution is 9.10. The molecule has 0 saturated carbocycles. The fourth-order valence-electron chi connectivity index (χ4n) is 2.07. The van der Waals surface area contributed by atoms with Gasteiger partial charge in [0.2, 0.25) is 0 Å². The van der Waals surface area contributed by atoms with E-state index in [4.69, 9.17) is 10.2 Å². The van der Waals surface area contributed by atoms with Crippen LogP contribution in [0.25, 0.3) is 0 Å². The molecule has 8 heteroatoms. The van der Waals surface area contributed by atoms with E-state index in [0.29, 0.717) is 15.8 Å². The molecule has 0 bridgehead atoms. The van der Waals surface area contributed by atoms with Crippen LogP contribution in [0.5, 0.6) is 0 Å². The summed E-state index contributed by atoms with van der Waals surface area (Å²) in [6.45, 7) is 3.26. The maximum atomic E-state index is 13.1. The molecular weight excluding hydrogens is 363 g/mol. The van der Waals surface area contributed by atoms with Crippen LogP contribution in [-0.4, -0.2) is 8.42 Å². The molecule has 0 fully saturated rings. The van der Waals surface area contributed by atoms with E-state index in [0.717, 1.165) is 0 Å². The average molecular weight is 377 g/mol. The Morgan fingerprint density at radius 3 is 2.57 bits per heavy atom.